The standard InChI is InChI=1S/C15H30N4O2/c1-6-16-13(17-7-2)18-10-12(11-8-9-11)19-14(20)21-15(3,4)5/h11-12H,6-10H2,1-5H3,(H,19,20)(H2,16,17,18). The SMILES string of the molecule is CCNC(=NCC(NC(=O)OC(C)(C)C)C1CC1)NCC. The van der Waals surface area contributed by atoms with Crippen molar-refractivity contribution in [3.05, 3.63) is 0 Å². The lowest BCUT2D eigenvalue weighted by molar-refractivity contribution is 0.0500. The number of alkyl carbamates (subject to hydrolysis) is 1. The minimum Gasteiger partial charge on any atom is -0.444 e. The molecule has 0 bridgehead atoms. The molecule has 3 N–H and O–H groups in total. The van der Waals surface area contributed by atoms with Gasteiger partial charge in [0.05, 0.1) is 12.6 Å². The van der Waals surface area contributed by atoms with E-state index in [2.05, 4.69) is 20.9 Å². The zero-order valence-corrected chi connectivity index (χ0v) is 14.0. The highest BCUT2D eigenvalue weighted by atomic mass is 16.6. The Bertz CT molecular complexity index is 351. The maximum absolute atomic E-state index is 11.9. The number of amides is 1. The molecule has 0 aromatic rings. The van der Waals surface area contributed by atoms with Crippen molar-refractivity contribution in [2.45, 2.75) is 59.1 Å². The molecule has 0 aliphatic heterocycles. The van der Waals surface area contributed by atoms with Crippen molar-refractivity contribution in [1.29, 1.82) is 0 Å². The van der Waals surface area contributed by atoms with Crippen LogP contribution in [0.25, 0.3) is 0 Å². The van der Waals surface area contributed by atoms with Crippen LogP contribution >= 0.6 is 0 Å². The maximum Gasteiger partial charge on any atom is 0.407 e. The van der Waals surface area contributed by atoms with E-state index >= 15 is 0 Å². The van der Waals surface area contributed by atoms with Crippen LogP contribution in [-0.2, 0) is 4.74 Å². The van der Waals surface area contributed by atoms with Gasteiger partial charge in [-0.3, -0.25) is 4.99 Å². The summed E-state index contributed by atoms with van der Waals surface area (Å²) in [7, 11) is 0. The number of aliphatic imine (C=N–C) groups is 1. The van der Waals surface area contributed by atoms with E-state index in [-0.39, 0.29) is 12.1 Å². The van der Waals surface area contributed by atoms with E-state index in [1.54, 1.807) is 0 Å². The fraction of sp³-hybridized carbons (Fsp3) is 0.867. The fourth-order valence-corrected chi connectivity index (χ4v) is 1.97. The van der Waals surface area contributed by atoms with E-state index < -0.39 is 5.60 Å². The van der Waals surface area contributed by atoms with Gasteiger partial charge in [0, 0.05) is 13.1 Å². The van der Waals surface area contributed by atoms with Gasteiger partial charge < -0.3 is 20.7 Å². The number of hydrogen-bond acceptors (Lipinski definition) is 3. The van der Waals surface area contributed by atoms with Crippen LogP contribution in [0.3, 0.4) is 0 Å². The molecule has 0 saturated heterocycles. The highest BCUT2D eigenvalue weighted by Gasteiger charge is 2.33. The Morgan fingerprint density at radius 2 is 1.81 bits per heavy atom. The Morgan fingerprint density at radius 1 is 1.24 bits per heavy atom. The molecule has 0 radical (unpaired) electrons. The van der Waals surface area contributed by atoms with Gasteiger partial charge in [0.15, 0.2) is 5.96 Å². The predicted octanol–water partition coefficient (Wildman–Crippen LogP) is 1.86. The van der Waals surface area contributed by atoms with Crippen LogP contribution in [-0.4, -0.2) is 43.3 Å². The quantitative estimate of drug-likeness (QED) is 0.517. The van der Waals surface area contributed by atoms with Crippen molar-refractivity contribution in [2.24, 2.45) is 10.9 Å². The van der Waals surface area contributed by atoms with Gasteiger partial charge in [0.25, 0.3) is 0 Å². The van der Waals surface area contributed by atoms with Crippen LogP contribution in [0.15, 0.2) is 4.99 Å². The summed E-state index contributed by atoms with van der Waals surface area (Å²) in [5, 5.41) is 9.32. The van der Waals surface area contributed by atoms with Crippen molar-refractivity contribution in [3.8, 4) is 0 Å². The van der Waals surface area contributed by atoms with Gasteiger partial charge in [-0.2, -0.15) is 0 Å². The van der Waals surface area contributed by atoms with Crippen LogP contribution in [0.1, 0.15) is 47.5 Å². The monoisotopic (exact) mass is 298 g/mol. The van der Waals surface area contributed by atoms with E-state index in [4.69, 9.17) is 4.74 Å². The zero-order chi connectivity index (χ0) is 15.9. The number of carbonyl (C=O) groups is 1. The summed E-state index contributed by atoms with van der Waals surface area (Å²) in [4.78, 5) is 16.4. The summed E-state index contributed by atoms with van der Waals surface area (Å²) in [6, 6.07) is 0.0483. The van der Waals surface area contributed by atoms with Gasteiger partial charge in [-0.25, -0.2) is 4.79 Å². The highest BCUT2D eigenvalue weighted by Crippen LogP contribution is 2.32. The number of guanidine groups is 1. The van der Waals surface area contributed by atoms with Crippen molar-refractivity contribution in [3.63, 3.8) is 0 Å². The summed E-state index contributed by atoms with van der Waals surface area (Å²) >= 11 is 0. The van der Waals surface area contributed by atoms with E-state index in [1.165, 1.54) is 0 Å². The first kappa shape index (κ1) is 17.6. The second kappa shape index (κ2) is 8.10. The second-order valence-corrected chi connectivity index (χ2v) is 6.34. The molecule has 0 aromatic heterocycles. The lowest BCUT2D eigenvalue weighted by atomic mass is 10.2. The summed E-state index contributed by atoms with van der Waals surface area (Å²) in [5.74, 6) is 1.31. The van der Waals surface area contributed by atoms with Crippen LogP contribution in [0, 0.1) is 5.92 Å². The number of rotatable bonds is 6. The molecule has 1 amide bonds. The van der Waals surface area contributed by atoms with E-state index in [0.29, 0.717) is 12.5 Å². The molecule has 1 unspecified atom stereocenters. The summed E-state index contributed by atoms with van der Waals surface area (Å²) in [5.41, 5.74) is -0.472. The molecule has 1 saturated carbocycles. The molecule has 1 rings (SSSR count). The number of carbonyl (C=O) groups excluding carboxylic acids is 1. The molecule has 0 heterocycles. The average molecular weight is 298 g/mol. The van der Waals surface area contributed by atoms with E-state index in [9.17, 15) is 4.79 Å². The number of nitrogens with one attached hydrogen (secondary N) is 3. The summed E-state index contributed by atoms with van der Waals surface area (Å²) in [6.07, 6.45) is 1.93. The van der Waals surface area contributed by atoms with Gasteiger partial charge in [-0.15, -0.1) is 0 Å². The lowest BCUT2D eigenvalue weighted by Crippen LogP contribution is -2.43. The zero-order valence-electron chi connectivity index (χ0n) is 14.0. The third-order valence-corrected chi connectivity index (χ3v) is 3.03. The smallest absolute Gasteiger partial charge is 0.407 e. The van der Waals surface area contributed by atoms with Gasteiger partial charge in [0.1, 0.15) is 5.60 Å². The molecule has 6 heteroatoms. The first-order valence-corrected chi connectivity index (χ1v) is 7.87. The molecular formula is C15H30N4O2. The molecule has 0 aromatic carbocycles. The molecule has 21 heavy (non-hydrogen) atoms. The van der Waals surface area contributed by atoms with Crippen molar-refractivity contribution < 1.29 is 9.53 Å². The molecular weight excluding hydrogens is 268 g/mol. The number of nitrogens with zero attached hydrogens (tertiary/aromatic N) is 1. The van der Waals surface area contributed by atoms with Crippen molar-refractivity contribution in [1.82, 2.24) is 16.0 Å². The molecule has 0 spiro atoms. The van der Waals surface area contributed by atoms with Gasteiger partial charge in [-0.05, 0) is 53.4 Å². The van der Waals surface area contributed by atoms with Crippen LogP contribution in [0.4, 0.5) is 4.79 Å². The minimum absolute atomic E-state index is 0.0483. The summed E-state index contributed by atoms with van der Waals surface area (Å²) < 4.78 is 5.32. The van der Waals surface area contributed by atoms with Crippen LogP contribution in [0.5, 0.6) is 0 Å². The van der Waals surface area contributed by atoms with Crippen molar-refractivity contribution >= 4 is 12.1 Å². The minimum atomic E-state index is -0.472. The number of ether oxygens (including phenoxy) is 1. The summed E-state index contributed by atoms with van der Waals surface area (Å²) in [6.45, 7) is 11.9. The molecule has 1 aliphatic carbocycles. The molecule has 1 atom stereocenters. The largest absolute Gasteiger partial charge is 0.444 e. The third-order valence-electron chi connectivity index (χ3n) is 3.03. The maximum atomic E-state index is 11.9. The van der Waals surface area contributed by atoms with Gasteiger partial charge in [-0.1, -0.05) is 0 Å². The molecule has 6 nitrogen and oxygen atoms in total. The molecule has 1 fully saturated rings. The Hall–Kier alpha value is -1.46. The van der Waals surface area contributed by atoms with Gasteiger partial charge >= 0.3 is 6.09 Å². The molecule has 122 valence electrons. The van der Waals surface area contributed by atoms with Gasteiger partial charge in [0.2, 0.25) is 0 Å². The lowest BCUT2D eigenvalue weighted by Gasteiger charge is -2.23. The Morgan fingerprint density at radius 3 is 2.24 bits per heavy atom. The molecule has 1 aliphatic rings. The van der Waals surface area contributed by atoms with E-state index in [1.807, 2.05) is 34.6 Å². The van der Waals surface area contributed by atoms with Crippen LogP contribution < -0.4 is 16.0 Å². The van der Waals surface area contributed by atoms with E-state index in [0.717, 1.165) is 31.9 Å². The number of hydrogen-bond donors (Lipinski definition) is 3. The predicted molar refractivity (Wildman–Crippen MR) is 85.5 cm³/mol. The fourth-order valence-electron chi connectivity index (χ4n) is 1.97. The second-order valence-electron chi connectivity index (χ2n) is 6.34. The topological polar surface area (TPSA) is 74.8 Å². The Kier molecular flexibility index (Phi) is 6.78. The third kappa shape index (κ3) is 7.78. The average Bonchev–Trinajstić information content (AvgIpc) is 3.16. The Balaban J connectivity index is 2.53. The Labute approximate surface area is 128 Å². The van der Waals surface area contributed by atoms with Crippen molar-refractivity contribution in [2.75, 3.05) is 19.6 Å². The van der Waals surface area contributed by atoms with Crippen LogP contribution in [0.2, 0.25) is 0 Å². The highest BCUT2D eigenvalue weighted by molar-refractivity contribution is 5.79. The first-order valence-electron chi connectivity index (χ1n) is 7.87. The first-order chi connectivity index (χ1) is 9.85. The normalized spacial score (nSPS) is 15.9.